The lowest BCUT2D eigenvalue weighted by Gasteiger charge is -2.23. The summed E-state index contributed by atoms with van der Waals surface area (Å²) in [6.45, 7) is 7.99. The number of carbonyl (C=O) groups is 1. The molecule has 146 valence electrons. The van der Waals surface area contributed by atoms with Crippen molar-refractivity contribution in [3.05, 3.63) is 46.8 Å². The first-order valence-electron chi connectivity index (χ1n) is 9.46. The zero-order valence-corrected chi connectivity index (χ0v) is 16.7. The molecule has 0 bridgehead atoms. The molecule has 0 saturated carbocycles. The number of rotatable bonds is 4. The van der Waals surface area contributed by atoms with Gasteiger partial charge in [-0.15, -0.1) is 0 Å². The number of benzene rings is 1. The lowest BCUT2D eigenvalue weighted by molar-refractivity contribution is 0.0754. The second-order valence-corrected chi connectivity index (χ2v) is 7.02. The van der Waals surface area contributed by atoms with Gasteiger partial charge in [-0.3, -0.25) is 9.48 Å². The molecule has 0 saturated heterocycles. The van der Waals surface area contributed by atoms with Gasteiger partial charge in [0.2, 0.25) is 0 Å². The van der Waals surface area contributed by atoms with E-state index in [0.717, 1.165) is 39.5 Å². The normalized spacial score (nSPS) is 13.0. The molecule has 0 aliphatic carbocycles. The molecule has 1 aliphatic rings. The standard InChI is InChI=1S/C21H24N4O3/c1-5-25(12-15-6-7-17-18(11-15)28-9-8-27-17)21(26)16-10-13(2)22-20-19(16)14(3)23-24(20)4/h6-7,10-11H,5,8-9,12H2,1-4H3. The Morgan fingerprint density at radius 1 is 1.18 bits per heavy atom. The molecule has 28 heavy (non-hydrogen) atoms. The maximum atomic E-state index is 13.4. The summed E-state index contributed by atoms with van der Waals surface area (Å²) in [6.07, 6.45) is 0. The minimum atomic E-state index is -0.0241. The number of hydrogen-bond donors (Lipinski definition) is 0. The second-order valence-electron chi connectivity index (χ2n) is 7.02. The first-order valence-corrected chi connectivity index (χ1v) is 9.46. The number of carbonyl (C=O) groups excluding carboxylic acids is 1. The SMILES string of the molecule is CCN(Cc1ccc2c(c1)OCCO2)C(=O)c1cc(C)nc2c1c(C)nn2C. The Morgan fingerprint density at radius 3 is 2.68 bits per heavy atom. The average molecular weight is 380 g/mol. The molecule has 0 radical (unpaired) electrons. The van der Waals surface area contributed by atoms with E-state index in [2.05, 4.69) is 10.1 Å². The van der Waals surface area contributed by atoms with Gasteiger partial charge in [-0.2, -0.15) is 5.10 Å². The minimum Gasteiger partial charge on any atom is -0.486 e. The zero-order valence-electron chi connectivity index (χ0n) is 16.7. The summed E-state index contributed by atoms with van der Waals surface area (Å²) in [5, 5.41) is 5.26. The van der Waals surface area contributed by atoms with Crippen molar-refractivity contribution in [2.75, 3.05) is 19.8 Å². The van der Waals surface area contributed by atoms with Crippen LogP contribution in [0.2, 0.25) is 0 Å². The van der Waals surface area contributed by atoms with Gasteiger partial charge >= 0.3 is 0 Å². The van der Waals surface area contributed by atoms with E-state index in [4.69, 9.17) is 9.47 Å². The van der Waals surface area contributed by atoms with Gasteiger partial charge in [0.05, 0.1) is 16.6 Å². The van der Waals surface area contributed by atoms with E-state index >= 15 is 0 Å². The highest BCUT2D eigenvalue weighted by atomic mass is 16.6. The van der Waals surface area contributed by atoms with E-state index in [1.165, 1.54) is 0 Å². The fourth-order valence-corrected chi connectivity index (χ4v) is 3.64. The molecule has 0 fully saturated rings. The van der Waals surface area contributed by atoms with Crippen LogP contribution in [0.25, 0.3) is 11.0 Å². The van der Waals surface area contributed by atoms with Crippen LogP contribution < -0.4 is 9.47 Å². The van der Waals surface area contributed by atoms with Crippen molar-refractivity contribution in [2.45, 2.75) is 27.3 Å². The van der Waals surface area contributed by atoms with E-state index in [1.54, 1.807) is 4.68 Å². The molecule has 1 aliphatic heterocycles. The van der Waals surface area contributed by atoms with Crippen LogP contribution in [0.15, 0.2) is 24.3 Å². The molecule has 1 aromatic carbocycles. The molecule has 3 heterocycles. The highest BCUT2D eigenvalue weighted by Crippen LogP contribution is 2.31. The fraction of sp³-hybridized carbons (Fsp3) is 0.381. The number of fused-ring (bicyclic) bond motifs is 2. The number of nitrogens with zero attached hydrogens (tertiary/aromatic N) is 4. The van der Waals surface area contributed by atoms with Gasteiger partial charge in [0.1, 0.15) is 13.2 Å². The number of pyridine rings is 1. The van der Waals surface area contributed by atoms with Gasteiger partial charge in [-0.05, 0) is 44.5 Å². The average Bonchev–Trinajstić information content (AvgIpc) is 2.98. The molecule has 0 N–H and O–H groups in total. The lowest BCUT2D eigenvalue weighted by atomic mass is 10.1. The minimum absolute atomic E-state index is 0.0241. The highest BCUT2D eigenvalue weighted by Gasteiger charge is 2.22. The zero-order chi connectivity index (χ0) is 19.8. The molecule has 0 atom stereocenters. The van der Waals surface area contributed by atoms with Crippen molar-refractivity contribution in [1.29, 1.82) is 0 Å². The van der Waals surface area contributed by atoms with Crippen LogP contribution in [-0.4, -0.2) is 45.3 Å². The Labute approximate surface area is 163 Å². The van der Waals surface area contributed by atoms with Crippen LogP contribution in [0, 0.1) is 13.8 Å². The van der Waals surface area contributed by atoms with Crippen LogP contribution in [0.3, 0.4) is 0 Å². The molecule has 7 heteroatoms. The molecule has 1 amide bonds. The monoisotopic (exact) mass is 380 g/mol. The molecule has 7 nitrogen and oxygen atoms in total. The first kappa shape index (κ1) is 18.3. The van der Waals surface area contributed by atoms with Crippen LogP contribution >= 0.6 is 0 Å². The van der Waals surface area contributed by atoms with Gasteiger partial charge in [0.25, 0.3) is 5.91 Å². The maximum Gasteiger partial charge on any atom is 0.255 e. The Bertz CT molecular complexity index is 1060. The summed E-state index contributed by atoms with van der Waals surface area (Å²) < 4.78 is 13.0. The lowest BCUT2D eigenvalue weighted by Crippen LogP contribution is -2.30. The topological polar surface area (TPSA) is 69.5 Å². The van der Waals surface area contributed by atoms with Gasteiger partial charge in [0.15, 0.2) is 17.1 Å². The maximum absolute atomic E-state index is 13.4. The molecule has 0 unspecified atom stereocenters. The number of aromatic nitrogens is 3. The van der Waals surface area contributed by atoms with Crippen LogP contribution in [0.4, 0.5) is 0 Å². The van der Waals surface area contributed by atoms with E-state index in [0.29, 0.717) is 31.9 Å². The molecule has 2 aromatic heterocycles. The molecule has 3 aromatic rings. The molecular formula is C21H24N4O3. The number of hydrogen-bond acceptors (Lipinski definition) is 5. The Morgan fingerprint density at radius 2 is 1.93 bits per heavy atom. The Balaban J connectivity index is 1.67. The number of ether oxygens (including phenoxy) is 2. The van der Waals surface area contributed by atoms with Crippen molar-refractivity contribution >= 4 is 16.9 Å². The number of aryl methyl sites for hydroxylation is 3. The quantitative estimate of drug-likeness (QED) is 0.696. The van der Waals surface area contributed by atoms with Crippen LogP contribution in [-0.2, 0) is 13.6 Å². The predicted octanol–water partition coefficient (Wildman–Crippen LogP) is 3.02. The van der Waals surface area contributed by atoms with E-state index in [1.807, 2.05) is 57.0 Å². The van der Waals surface area contributed by atoms with Gasteiger partial charge in [-0.25, -0.2) is 4.98 Å². The van der Waals surface area contributed by atoms with Gasteiger partial charge < -0.3 is 14.4 Å². The van der Waals surface area contributed by atoms with E-state index in [9.17, 15) is 4.79 Å². The van der Waals surface area contributed by atoms with Crippen LogP contribution in [0.1, 0.15) is 34.2 Å². The summed E-state index contributed by atoms with van der Waals surface area (Å²) in [5.41, 5.74) is 3.99. The third kappa shape index (κ3) is 3.17. The van der Waals surface area contributed by atoms with Crippen molar-refractivity contribution in [1.82, 2.24) is 19.7 Å². The fourth-order valence-electron chi connectivity index (χ4n) is 3.64. The summed E-state index contributed by atoms with van der Waals surface area (Å²) in [5.74, 6) is 1.46. The van der Waals surface area contributed by atoms with Crippen molar-refractivity contribution < 1.29 is 14.3 Å². The molecule has 4 rings (SSSR count). The number of amides is 1. The third-order valence-electron chi connectivity index (χ3n) is 4.98. The second kappa shape index (κ2) is 7.14. The van der Waals surface area contributed by atoms with E-state index in [-0.39, 0.29) is 5.91 Å². The van der Waals surface area contributed by atoms with Crippen LogP contribution in [0.5, 0.6) is 11.5 Å². The highest BCUT2D eigenvalue weighted by molar-refractivity contribution is 6.06. The molecule has 0 spiro atoms. The Hall–Kier alpha value is -3.09. The van der Waals surface area contributed by atoms with Gasteiger partial charge in [-0.1, -0.05) is 6.07 Å². The summed E-state index contributed by atoms with van der Waals surface area (Å²) >= 11 is 0. The van der Waals surface area contributed by atoms with Gasteiger partial charge in [0, 0.05) is 25.8 Å². The predicted molar refractivity (Wildman–Crippen MR) is 106 cm³/mol. The van der Waals surface area contributed by atoms with Crippen molar-refractivity contribution in [3.63, 3.8) is 0 Å². The largest absolute Gasteiger partial charge is 0.486 e. The Kier molecular flexibility index (Phi) is 4.66. The van der Waals surface area contributed by atoms with Crippen molar-refractivity contribution in [3.8, 4) is 11.5 Å². The van der Waals surface area contributed by atoms with Crippen molar-refractivity contribution in [2.24, 2.45) is 7.05 Å². The van der Waals surface area contributed by atoms with E-state index < -0.39 is 0 Å². The summed E-state index contributed by atoms with van der Waals surface area (Å²) in [4.78, 5) is 19.8. The summed E-state index contributed by atoms with van der Waals surface area (Å²) in [6, 6.07) is 7.69. The molecular weight excluding hydrogens is 356 g/mol. The summed E-state index contributed by atoms with van der Waals surface area (Å²) in [7, 11) is 1.85. The first-order chi connectivity index (χ1) is 13.5. The third-order valence-corrected chi connectivity index (χ3v) is 4.98. The smallest absolute Gasteiger partial charge is 0.255 e.